The zero-order chi connectivity index (χ0) is 14.6. The zero-order valence-corrected chi connectivity index (χ0v) is 11.7. The highest BCUT2D eigenvalue weighted by atomic mass is 32.2. The van der Waals surface area contributed by atoms with Crippen molar-refractivity contribution in [3.05, 3.63) is 29.8 Å². The van der Waals surface area contributed by atoms with Crippen LogP contribution in [-0.2, 0) is 10.0 Å². The number of hydrogen-bond acceptors (Lipinski definition) is 3. The molecular weight excluding hydrogens is 274 g/mol. The van der Waals surface area contributed by atoms with Gasteiger partial charge in [0.2, 0.25) is 10.0 Å². The second-order valence-electron chi connectivity index (χ2n) is 4.82. The molecule has 1 aromatic carbocycles. The van der Waals surface area contributed by atoms with Crippen molar-refractivity contribution < 1.29 is 17.2 Å². The fourth-order valence-electron chi connectivity index (χ4n) is 1.67. The maximum Gasteiger partial charge on any atom is 0.243 e. The lowest BCUT2D eigenvalue weighted by molar-refractivity contribution is 0.484. The highest BCUT2D eigenvalue weighted by molar-refractivity contribution is 7.89. The van der Waals surface area contributed by atoms with Crippen LogP contribution < -0.4 is 10.5 Å². The Hall–Kier alpha value is -1.05. The highest BCUT2D eigenvalue weighted by Crippen LogP contribution is 2.15. The SMILES string of the molecule is CC(C)CC(N)CNS(=O)(=O)c1cc(F)ccc1F. The number of hydrogen-bond donors (Lipinski definition) is 2. The van der Waals surface area contributed by atoms with Crippen LogP contribution in [0.15, 0.2) is 23.1 Å². The molecule has 0 amide bonds. The first-order chi connectivity index (χ1) is 8.72. The highest BCUT2D eigenvalue weighted by Gasteiger charge is 2.20. The lowest BCUT2D eigenvalue weighted by Gasteiger charge is -2.15. The second kappa shape index (κ2) is 6.40. The molecule has 0 fully saturated rings. The monoisotopic (exact) mass is 292 g/mol. The Balaban J connectivity index is 2.79. The molecular formula is C12H18F2N2O2S. The normalized spacial score (nSPS) is 13.8. The van der Waals surface area contributed by atoms with Gasteiger partial charge in [0.25, 0.3) is 0 Å². The average molecular weight is 292 g/mol. The molecule has 1 atom stereocenters. The summed E-state index contributed by atoms with van der Waals surface area (Å²) in [5.74, 6) is -1.48. The van der Waals surface area contributed by atoms with E-state index in [1.807, 2.05) is 13.8 Å². The van der Waals surface area contributed by atoms with Crippen molar-refractivity contribution >= 4 is 10.0 Å². The largest absolute Gasteiger partial charge is 0.327 e. The van der Waals surface area contributed by atoms with Crippen molar-refractivity contribution in [1.82, 2.24) is 4.72 Å². The van der Waals surface area contributed by atoms with Crippen molar-refractivity contribution in [3.63, 3.8) is 0 Å². The van der Waals surface area contributed by atoms with Crippen LogP contribution in [0.5, 0.6) is 0 Å². The van der Waals surface area contributed by atoms with Gasteiger partial charge in [-0.2, -0.15) is 0 Å². The van der Waals surface area contributed by atoms with Gasteiger partial charge < -0.3 is 5.73 Å². The molecule has 0 radical (unpaired) electrons. The molecule has 0 saturated carbocycles. The van der Waals surface area contributed by atoms with E-state index in [9.17, 15) is 17.2 Å². The van der Waals surface area contributed by atoms with Crippen molar-refractivity contribution in [3.8, 4) is 0 Å². The third-order valence-corrected chi connectivity index (χ3v) is 3.93. The van der Waals surface area contributed by atoms with E-state index in [2.05, 4.69) is 4.72 Å². The quantitative estimate of drug-likeness (QED) is 0.837. The van der Waals surface area contributed by atoms with E-state index in [-0.39, 0.29) is 12.6 Å². The molecule has 0 saturated heterocycles. The summed E-state index contributed by atoms with van der Waals surface area (Å²) in [6, 6.07) is 1.91. The number of sulfonamides is 1. The van der Waals surface area contributed by atoms with E-state index >= 15 is 0 Å². The Bertz CT molecular complexity index is 533. The molecule has 1 unspecified atom stereocenters. The minimum atomic E-state index is -4.09. The van der Waals surface area contributed by atoms with Crippen LogP contribution in [0.3, 0.4) is 0 Å². The Morgan fingerprint density at radius 1 is 1.32 bits per heavy atom. The Morgan fingerprint density at radius 3 is 2.53 bits per heavy atom. The van der Waals surface area contributed by atoms with Crippen LogP contribution in [0.1, 0.15) is 20.3 Å². The van der Waals surface area contributed by atoms with Gasteiger partial charge in [-0.1, -0.05) is 13.8 Å². The molecule has 19 heavy (non-hydrogen) atoms. The summed E-state index contributed by atoms with van der Waals surface area (Å²) in [5, 5.41) is 0. The van der Waals surface area contributed by atoms with E-state index in [4.69, 9.17) is 5.73 Å². The van der Waals surface area contributed by atoms with E-state index in [0.717, 1.165) is 12.1 Å². The number of benzene rings is 1. The summed E-state index contributed by atoms with van der Waals surface area (Å²) in [5.41, 5.74) is 5.73. The zero-order valence-electron chi connectivity index (χ0n) is 10.9. The predicted molar refractivity (Wildman–Crippen MR) is 69.0 cm³/mol. The fourth-order valence-corrected chi connectivity index (χ4v) is 2.85. The van der Waals surface area contributed by atoms with Crippen LogP contribution in [0.25, 0.3) is 0 Å². The van der Waals surface area contributed by atoms with Crippen LogP contribution >= 0.6 is 0 Å². The van der Waals surface area contributed by atoms with Crippen LogP contribution in [0.2, 0.25) is 0 Å². The molecule has 0 spiro atoms. The van der Waals surface area contributed by atoms with Crippen LogP contribution in [0.4, 0.5) is 8.78 Å². The van der Waals surface area contributed by atoms with E-state index in [1.54, 1.807) is 0 Å². The minimum absolute atomic E-state index is 0.0174. The maximum atomic E-state index is 13.4. The number of rotatable bonds is 6. The van der Waals surface area contributed by atoms with Gasteiger partial charge in [-0.3, -0.25) is 0 Å². The van der Waals surface area contributed by atoms with Gasteiger partial charge >= 0.3 is 0 Å². The average Bonchev–Trinajstić information content (AvgIpc) is 2.29. The molecule has 108 valence electrons. The third kappa shape index (κ3) is 4.85. The number of nitrogens with two attached hydrogens (primary N) is 1. The summed E-state index contributed by atoms with van der Waals surface area (Å²) in [7, 11) is -4.09. The standard InChI is InChI=1S/C12H18F2N2O2S/c1-8(2)5-10(15)7-16-19(17,18)12-6-9(13)3-4-11(12)14/h3-4,6,8,10,16H,5,7,15H2,1-2H3. The Kier molecular flexibility index (Phi) is 5.39. The van der Waals surface area contributed by atoms with Gasteiger partial charge in [0.15, 0.2) is 0 Å². The second-order valence-corrected chi connectivity index (χ2v) is 6.55. The minimum Gasteiger partial charge on any atom is -0.327 e. The van der Waals surface area contributed by atoms with E-state index < -0.39 is 26.6 Å². The van der Waals surface area contributed by atoms with Gasteiger partial charge in [-0.15, -0.1) is 0 Å². The van der Waals surface area contributed by atoms with E-state index in [1.165, 1.54) is 0 Å². The van der Waals surface area contributed by atoms with Crippen molar-refractivity contribution in [1.29, 1.82) is 0 Å². The van der Waals surface area contributed by atoms with Crippen molar-refractivity contribution in [2.24, 2.45) is 11.7 Å². The van der Waals surface area contributed by atoms with Crippen LogP contribution in [0, 0.1) is 17.6 Å². The van der Waals surface area contributed by atoms with Crippen molar-refractivity contribution in [2.45, 2.75) is 31.2 Å². The molecule has 3 N–H and O–H groups in total. The smallest absolute Gasteiger partial charge is 0.243 e. The van der Waals surface area contributed by atoms with Crippen LogP contribution in [-0.4, -0.2) is 21.0 Å². The summed E-state index contributed by atoms with van der Waals surface area (Å²) in [4.78, 5) is -0.704. The van der Waals surface area contributed by atoms with Gasteiger partial charge in [0, 0.05) is 12.6 Å². The summed E-state index contributed by atoms with van der Waals surface area (Å²) < 4.78 is 52.2. The first-order valence-corrected chi connectivity index (χ1v) is 7.41. The first kappa shape index (κ1) is 16.0. The summed E-state index contributed by atoms with van der Waals surface area (Å²) >= 11 is 0. The lowest BCUT2D eigenvalue weighted by Crippen LogP contribution is -2.38. The molecule has 0 aliphatic heterocycles. The predicted octanol–water partition coefficient (Wildman–Crippen LogP) is 1.62. The Labute approximate surface area is 112 Å². The number of nitrogens with one attached hydrogen (secondary N) is 1. The molecule has 7 heteroatoms. The third-order valence-electron chi connectivity index (χ3n) is 2.49. The van der Waals surface area contributed by atoms with Gasteiger partial charge in [0.05, 0.1) is 0 Å². The lowest BCUT2D eigenvalue weighted by atomic mass is 10.1. The summed E-state index contributed by atoms with van der Waals surface area (Å²) in [6.07, 6.45) is 0.633. The van der Waals surface area contributed by atoms with Gasteiger partial charge in [-0.05, 0) is 30.5 Å². The fraction of sp³-hybridized carbons (Fsp3) is 0.500. The molecule has 0 heterocycles. The molecule has 0 aromatic heterocycles. The molecule has 0 aliphatic rings. The number of halogens is 2. The molecule has 4 nitrogen and oxygen atoms in total. The first-order valence-electron chi connectivity index (χ1n) is 5.92. The maximum absolute atomic E-state index is 13.4. The van der Waals surface area contributed by atoms with Gasteiger partial charge in [-0.25, -0.2) is 21.9 Å². The van der Waals surface area contributed by atoms with Gasteiger partial charge in [0.1, 0.15) is 16.5 Å². The van der Waals surface area contributed by atoms with Crippen molar-refractivity contribution in [2.75, 3.05) is 6.54 Å². The molecule has 0 bridgehead atoms. The topological polar surface area (TPSA) is 72.2 Å². The molecule has 0 aliphatic carbocycles. The molecule has 1 rings (SSSR count). The molecule has 1 aromatic rings. The summed E-state index contributed by atoms with van der Waals surface area (Å²) in [6.45, 7) is 3.90. The Morgan fingerprint density at radius 2 is 1.95 bits per heavy atom. The van der Waals surface area contributed by atoms with E-state index in [0.29, 0.717) is 18.4 Å².